The predicted molar refractivity (Wildman–Crippen MR) is 79.1 cm³/mol. The normalized spacial score (nSPS) is 12.0. The van der Waals surface area contributed by atoms with Gasteiger partial charge in [0.15, 0.2) is 0 Å². The highest BCUT2D eigenvalue weighted by Gasteiger charge is 2.12. The van der Waals surface area contributed by atoms with E-state index in [0.717, 1.165) is 15.9 Å². The lowest BCUT2D eigenvalue weighted by molar-refractivity contribution is 0.416. The summed E-state index contributed by atoms with van der Waals surface area (Å²) in [5.41, 5.74) is 1.46. The van der Waals surface area contributed by atoms with Gasteiger partial charge in [-0.15, -0.1) is 0 Å². The van der Waals surface area contributed by atoms with Gasteiger partial charge in [0.05, 0.1) is 18.8 Å². The molecule has 0 aliphatic heterocycles. The third kappa shape index (κ3) is 3.26. The van der Waals surface area contributed by atoms with Crippen molar-refractivity contribution in [1.29, 1.82) is 0 Å². The summed E-state index contributed by atoms with van der Waals surface area (Å²) in [6, 6.07) is 12.3. The SMILES string of the molecule is COc1ccc(Br)cc1NC(C)c1ccccc1F. The third-order valence-corrected chi connectivity index (χ3v) is 3.40. The summed E-state index contributed by atoms with van der Waals surface area (Å²) in [5.74, 6) is 0.517. The average molecular weight is 324 g/mol. The molecule has 2 nitrogen and oxygen atoms in total. The van der Waals surface area contributed by atoms with Crippen molar-refractivity contribution >= 4 is 21.6 Å². The molecule has 0 fully saturated rings. The topological polar surface area (TPSA) is 21.3 Å². The number of nitrogens with one attached hydrogen (secondary N) is 1. The van der Waals surface area contributed by atoms with Crippen LogP contribution < -0.4 is 10.1 Å². The molecule has 2 rings (SSSR count). The van der Waals surface area contributed by atoms with Crippen LogP contribution in [0.25, 0.3) is 0 Å². The zero-order valence-corrected chi connectivity index (χ0v) is 12.4. The molecule has 0 radical (unpaired) electrons. The molecule has 0 saturated carbocycles. The highest BCUT2D eigenvalue weighted by Crippen LogP contribution is 2.31. The molecule has 0 aliphatic rings. The highest BCUT2D eigenvalue weighted by atomic mass is 79.9. The highest BCUT2D eigenvalue weighted by molar-refractivity contribution is 9.10. The second kappa shape index (κ2) is 6.06. The summed E-state index contributed by atoms with van der Waals surface area (Å²) < 4.78 is 20.0. The van der Waals surface area contributed by atoms with E-state index >= 15 is 0 Å². The lowest BCUT2D eigenvalue weighted by Gasteiger charge is -2.18. The maximum absolute atomic E-state index is 13.7. The lowest BCUT2D eigenvalue weighted by atomic mass is 10.1. The number of hydrogen-bond acceptors (Lipinski definition) is 2. The molecule has 0 heterocycles. The number of ether oxygens (including phenoxy) is 1. The van der Waals surface area contributed by atoms with Gasteiger partial charge in [0.25, 0.3) is 0 Å². The molecular weight excluding hydrogens is 309 g/mol. The Morgan fingerprint density at radius 1 is 1.21 bits per heavy atom. The van der Waals surface area contributed by atoms with Gasteiger partial charge in [0.1, 0.15) is 11.6 Å². The van der Waals surface area contributed by atoms with Crippen LogP contribution in [0.5, 0.6) is 5.75 Å². The maximum atomic E-state index is 13.7. The molecule has 1 N–H and O–H groups in total. The Kier molecular flexibility index (Phi) is 4.43. The van der Waals surface area contributed by atoms with Gasteiger partial charge < -0.3 is 10.1 Å². The van der Waals surface area contributed by atoms with E-state index in [1.165, 1.54) is 6.07 Å². The van der Waals surface area contributed by atoms with E-state index < -0.39 is 0 Å². The first kappa shape index (κ1) is 13.9. The molecule has 19 heavy (non-hydrogen) atoms. The number of methoxy groups -OCH3 is 1. The van der Waals surface area contributed by atoms with Crippen LogP contribution in [0.15, 0.2) is 46.9 Å². The van der Waals surface area contributed by atoms with E-state index in [1.54, 1.807) is 19.2 Å². The number of hydrogen-bond donors (Lipinski definition) is 1. The molecule has 1 atom stereocenters. The van der Waals surface area contributed by atoms with Gasteiger partial charge in [-0.1, -0.05) is 34.1 Å². The third-order valence-electron chi connectivity index (χ3n) is 2.91. The Morgan fingerprint density at radius 3 is 2.63 bits per heavy atom. The van der Waals surface area contributed by atoms with Crippen molar-refractivity contribution in [2.24, 2.45) is 0 Å². The quantitative estimate of drug-likeness (QED) is 0.875. The first-order valence-electron chi connectivity index (χ1n) is 5.96. The van der Waals surface area contributed by atoms with Crippen molar-refractivity contribution in [3.05, 3.63) is 58.3 Å². The van der Waals surface area contributed by atoms with Crippen LogP contribution in [0.3, 0.4) is 0 Å². The fraction of sp³-hybridized carbons (Fsp3) is 0.200. The van der Waals surface area contributed by atoms with E-state index in [1.807, 2.05) is 31.2 Å². The second-order valence-corrected chi connectivity index (χ2v) is 5.15. The fourth-order valence-corrected chi connectivity index (χ4v) is 2.29. The summed E-state index contributed by atoms with van der Waals surface area (Å²) in [6.07, 6.45) is 0. The van der Waals surface area contributed by atoms with Gasteiger partial charge in [-0.2, -0.15) is 0 Å². The molecule has 2 aromatic carbocycles. The Hall–Kier alpha value is -1.55. The number of anilines is 1. The van der Waals surface area contributed by atoms with Gasteiger partial charge in [0.2, 0.25) is 0 Å². The lowest BCUT2D eigenvalue weighted by Crippen LogP contribution is -2.09. The minimum Gasteiger partial charge on any atom is -0.495 e. The second-order valence-electron chi connectivity index (χ2n) is 4.23. The number of rotatable bonds is 4. The first-order chi connectivity index (χ1) is 9.11. The average Bonchev–Trinajstić information content (AvgIpc) is 2.39. The van der Waals surface area contributed by atoms with E-state index in [2.05, 4.69) is 21.2 Å². The van der Waals surface area contributed by atoms with Gasteiger partial charge in [0, 0.05) is 10.0 Å². The zero-order chi connectivity index (χ0) is 13.8. The number of benzene rings is 2. The fourth-order valence-electron chi connectivity index (χ4n) is 1.93. The van der Waals surface area contributed by atoms with Gasteiger partial charge in [-0.3, -0.25) is 0 Å². The largest absolute Gasteiger partial charge is 0.495 e. The van der Waals surface area contributed by atoms with Gasteiger partial charge in [-0.25, -0.2) is 4.39 Å². The van der Waals surface area contributed by atoms with Crippen molar-refractivity contribution in [2.75, 3.05) is 12.4 Å². The summed E-state index contributed by atoms with van der Waals surface area (Å²) in [6.45, 7) is 1.92. The summed E-state index contributed by atoms with van der Waals surface area (Å²) >= 11 is 3.42. The molecule has 0 amide bonds. The molecule has 2 aromatic rings. The van der Waals surface area contributed by atoms with E-state index in [4.69, 9.17) is 4.74 Å². The Labute approximate surface area is 120 Å². The minimum absolute atomic E-state index is 0.149. The van der Waals surface area contributed by atoms with Gasteiger partial charge >= 0.3 is 0 Å². The summed E-state index contributed by atoms with van der Waals surface area (Å²) in [4.78, 5) is 0. The smallest absolute Gasteiger partial charge is 0.142 e. The van der Waals surface area contributed by atoms with Crippen molar-refractivity contribution < 1.29 is 9.13 Å². The van der Waals surface area contributed by atoms with E-state index in [0.29, 0.717) is 5.56 Å². The molecule has 0 aliphatic carbocycles. The molecule has 1 unspecified atom stereocenters. The van der Waals surface area contributed by atoms with Crippen LogP contribution in [0.1, 0.15) is 18.5 Å². The molecule has 0 spiro atoms. The standard InChI is InChI=1S/C15H15BrFNO/c1-10(12-5-3-4-6-13(12)17)18-14-9-11(16)7-8-15(14)19-2/h3-10,18H,1-2H3. The Bertz CT molecular complexity index is 574. The molecule has 0 saturated heterocycles. The minimum atomic E-state index is -0.212. The molecule has 4 heteroatoms. The van der Waals surface area contributed by atoms with Crippen LogP contribution in [-0.4, -0.2) is 7.11 Å². The van der Waals surface area contributed by atoms with Crippen molar-refractivity contribution in [3.8, 4) is 5.75 Å². The van der Waals surface area contributed by atoms with Gasteiger partial charge in [-0.05, 0) is 31.2 Å². The zero-order valence-electron chi connectivity index (χ0n) is 10.8. The number of halogens is 2. The predicted octanol–water partition coefficient (Wildman–Crippen LogP) is 4.77. The van der Waals surface area contributed by atoms with Crippen LogP contribution in [-0.2, 0) is 0 Å². The molecule has 0 aromatic heterocycles. The van der Waals surface area contributed by atoms with Crippen LogP contribution in [0.2, 0.25) is 0 Å². The van der Waals surface area contributed by atoms with Crippen LogP contribution in [0, 0.1) is 5.82 Å². The van der Waals surface area contributed by atoms with E-state index in [9.17, 15) is 4.39 Å². The van der Waals surface area contributed by atoms with Crippen molar-refractivity contribution in [2.45, 2.75) is 13.0 Å². The van der Waals surface area contributed by atoms with Crippen molar-refractivity contribution in [3.63, 3.8) is 0 Å². The van der Waals surface area contributed by atoms with Crippen LogP contribution >= 0.6 is 15.9 Å². The monoisotopic (exact) mass is 323 g/mol. The van der Waals surface area contributed by atoms with E-state index in [-0.39, 0.29) is 11.9 Å². The van der Waals surface area contributed by atoms with Crippen LogP contribution in [0.4, 0.5) is 10.1 Å². The Morgan fingerprint density at radius 2 is 1.95 bits per heavy atom. The summed E-state index contributed by atoms with van der Waals surface area (Å²) in [7, 11) is 1.61. The van der Waals surface area contributed by atoms with Crippen molar-refractivity contribution in [1.82, 2.24) is 0 Å². The molecular formula is C15H15BrFNO. The first-order valence-corrected chi connectivity index (χ1v) is 6.75. The summed E-state index contributed by atoms with van der Waals surface area (Å²) in [5, 5.41) is 3.26. The maximum Gasteiger partial charge on any atom is 0.142 e. The molecule has 100 valence electrons. The molecule has 0 bridgehead atoms. The Balaban J connectivity index is 2.26.